The number of aromatic nitrogens is 1. The maximum absolute atomic E-state index is 11.9. The van der Waals surface area contributed by atoms with Crippen LogP contribution in [-0.4, -0.2) is 30.3 Å². The number of hydrogen-bond acceptors (Lipinski definition) is 5. The van der Waals surface area contributed by atoms with Crippen LogP contribution in [0.15, 0.2) is 47.7 Å². The Morgan fingerprint density at radius 1 is 1.24 bits per heavy atom. The molecule has 0 fully saturated rings. The molecule has 0 saturated heterocycles. The Morgan fingerprint density at radius 2 is 2.08 bits per heavy atom. The van der Waals surface area contributed by atoms with Crippen molar-refractivity contribution in [3.63, 3.8) is 0 Å². The molecule has 1 amide bonds. The lowest BCUT2D eigenvalue weighted by Gasteiger charge is -2.13. The average molecular weight is 341 g/mol. The van der Waals surface area contributed by atoms with Gasteiger partial charge in [-0.3, -0.25) is 9.78 Å². The first-order valence-corrected chi connectivity index (χ1v) is 8.24. The fraction of sp³-hybridized carbons (Fsp3) is 0.316. The van der Waals surface area contributed by atoms with Crippen LogP contribution >= 0.6 is 0 Å². The maximum atomic E-state index is 11.9. The number of ether oxygens (including phenoxy) is 2. The summed E-state index contributed by atoms with van der Waals surface area (Å²) in [4.78, 5) is 15.8. The van der Waals surface area contributed by atoms with E-state index >= 15 is 0 Å². The van der Waals surface area contributed by atoms with Crippen LogP contribution in [0.5, 0.6) is 11.5 Å². The van der Waals surface area contributed by atoms with Crippen LogP contribution in [0.1, 0.15) is 36.8 Å². The number of rotatable bonds is 8. The fourth-order valence-electron chi connectivity index (χ4n) is 1.97. The van der Waals surface area contributed by atoms with Gasteiger partial charge in [0.1, 0.15) is 5.69 Å². The highest BCUT2D eigenvalue weighted by molar-refractivity contribution is 5.93. The second-order valence-corrected chi connectivity index (χ2v) is 5.76. The Hall–Kier alpha value is -2.89. The number of hydrogen-bond donors (Lipinski definition) is 1. The van der Waals surface area contributed by atoms with Crippen molar-refractivity contribution < 1.29 is 14.3 Å². The summed E-state index contributed by atoms with van der Waals surface area (Å²) in [6, 6.07) is 10.6. The van der Waals surface area contributed by atoms with Crippen molar-refractivity contribution >= 4 is 12.1 Å². The predicted molar refractivity (Wildman–Crippen MR) is 97.2 cm³/mol. The highest BCUT2D eigenvalue weighted by Gasteiger charge is 2.07. The lowest BCUT2D eigenvalue weighted by molar-refractivity contribution is 0.0950. The molecule has 1 heterocycles. The molecule has 2 aromatic rings. The predicted octanol–water partition coefficient (Wildman–Crippen LogP) is 3.28. The summed E-state index contributed by atoms with van der Waals surface area (Å²) >= 11 is 0. The van der Waals surface area contributed by atoms with E-state index in [4.69, 9.17) is 9.47 Å². The maximum Gasteiger partial charge on any atom is 0.289 e. The lowest BCUT2D eigenvalue weighted by Crippen LogP contribution is -2.18. The van der Waals surface area contributed by atoms with Gasteiger partial charge in [0.25, 0.3) is 5.91 Å². The normalized spacial score (nSPS) is 10.9. The number of carbonyl (C=O) groups is 1. The molecule has 2 rings (SSSR count). The highest BCUT2D eigenvalue weighted by Crippen LogP contribution is 2.28. The van der Waals surface area contributed by atoms with Gasteiger partial charge in [-0.05, 0) is 48.7 Å². The number of amides is 1. The zero-order valence-corrected chi connectivity index (χ0v) is 14.7. The average Bonchev–Trinajstić information content (AvgIpc) is 2.62. The quantitative estimate of drug-likeness (QED) is 0.591. The molecule has 0 unspecified atom stereocenters. The van der Waals surface area contributed by atoms with Crippen LogP contribution in [0, 0.1) is 5.92 Å². The van der Waals surface area contributed by atoms with Crippen molar-refractivity contribution in [2.24, 2.45) is 11.0 Å². The molecule has 132 valence electrons. The van der Waals surface area contributed by atoms with Crippen molar-refractivity contribution in [1.29, 1.82) is 0 Å². The number of carbonyl (C=O) groups excluding carboxylic acids is 1. The minimum absolute atomic E-state index is 0.312. The van der Waals surface area contributed by atoms with Gasteiger partial charge in [0.2, 0.25) is 0 Å². The summed E-state index contributed by atoms with van der Waals surface area (Å²) in [5.74, 6) is 1.42. The van der Waals surface area contributed by atoms with E-state index in [1.807, 2.05) is 25.1 Å². The number of hydrazone groups is 1. The zero-order chi connectivity index (χ0) is 18.1. The molecular weight excluding hydrogens is 318 g/mol. The fourth-order valence-corrected chi connectivity index (χ4v) is 1.97. The van der Waals surface area contributed by atoms with E-state index in [0.717, 1.165) is 5.56 Å². The van der Waals surface area contributed by atoms with Crippen LogP contribution in [0.4, 0.5) is 0 Å². The van der Waals surface area contributed by atoms with Gasteiger partial charge < -0.3 is 9.47 Å². The third-order valence-corrected chi connectivity index (χ3v) is 3.12. The molecule has 0 saturated carbocycles. The molecule has 0 bridgehead atoms. The van der Waals surface area contributed by atoms with Gasteiger partial charge in [-0.15, -0.1) is 0 Å². The summed E-state index contributed by atoms with van der Waals surface area (Å²) in [5.41, 5.74) is 3.55. The van der Waals surface area contributed by atoms with Crippen LogP contribution < -0.4 is 14.9 Å². The summed E-state index contributed by atoms with van der Waals surface area (Å²) < 4.78 is 11.4. The Morgan fingerprint density at radius 3 is 2.76 bits per heavy atom. The lowest BCUT2D eigenvalue weighted by atomic mass is 10.2. The first-order valence-electron chi connectivity index (χ1n) is 8.24. The molecule has 0 aliphatic rings. The second kappa shape index (κ2) is 9.42. The van der Waals surface area contributed by atoms with E-state index in [0.29, 0.717) is 36.3 Å². The van der Waals surface area contributed by atoms with Crippen LogP contribution in [0.3, 0.4) is 0 Å². The van der Waals surface area contributed by atoms with Gasteiger partial charge in [-0.25, -0.2) is 5.43 Å². The second-order valence-electron chi connectivity index (χ2n) is 5.76. The summed E-state index contributed by atoms with van der Waals surface area (Å²) in [6.07, 6.45) is 3.11. The summed E-state index contributed by atoms with van der Waals surface area (Å²) in [5, 5.41) is 3.96. The Balaban J connectivity index is 2.03. The van der Waals surface area contributed by atoms with E-state index < -0.39 is 0 Å². The van der Waals surface area contributed by atoms with Gasteiger partial charge in [-0.1, -0.05) is 19.9 Å². The van der Waals surface area contributed by atoms with Gasteiger partial charge in [0, 0.05) is 6.20 Å². The van der Waals surface area contributed by atoms with Crippen LogP contribution in [0.2, 0.25) is 0 Å². The van der Waals surface area contributed by atoms with E-state index in [1.54, 1.807) is 30.6 Å². The molecule has 0 radical (unpaired) electrons. The third kappa shape index (κ3) is 5.91. The summed E-state index contributed by atoms with van der Waals surface area (Å²) in [7, 11) is 0. The largest absolute Gasteiger partial charge is 0.490 e. The molecule has 0 spiro atoms. The molecular formula is C19H23N3O3. The molecule has 1 N–H and O–H groups in total. The number of nitrogens with zero attached hydrogens (tertiary/aromatic N) is 2. The first-order chi connectivity index (χ1) is 12.1. The first kappa shape index (κ1) is 18.4. The molecule has 25 heavy (non-hydrogen) atoms. The van der Waals surface area contributed by atoms with Gasteiger partial charge in [0.05, 0.1) is 19.4 Å². The molecule has 1 aromatic heterocycles. The van der Waals surface area contributed by atoms with Crippen molar-refractivity contribution in [3.8, 4) is 11.5 Å². The van der Waals surface area contributed by atoms with Gasteiger partial charge in [-0.2, -0.15) is 5.10 Å². The SMILES string of the molecule is CCOc1cc(/C=N\NC(=O)c2ccccn2)ccc1OCC(C)C. The van der Waals surface area contributed by atoms with Crippen LogP contribution in [-0.2, 0) is 0 Å². The molecule has 6 heteroatoms. The topological polar surface area (TPSA) is 72.8 Å². The monoisotopic (exact) mass is 341 g/mol. The Bertz CT molecular complexity index is 715. The Labute approximate surface area is 147 Å². The highest BCUT2D eigenvalue weighted by atomic mass is 16.5. The third-order valence-electron chi connectivity index (χ3n) is 3.12. The van der Waals surface area contributed by atoms with E-state index in [2.05, 4.69) is 29.4 Å². The molecule has 1 aromatic carbocycles. The van der Waals surface area contributed by atoms with Gasteiger partial charge in [0.15, 0.2) is 11.5 Å². The van der Waals surface area contributed by atoms with Crippen molar-refractivity contribution in [2.75, 3.05) is 13.2 Å². The molecule has 6 nitrogen and oxygen atoms in total. The number of nitrogens with one attached hydrogen (secondary N) is 1. The number of benzene rings is 1. The van der Waals surface area contributed by atoms with Crippen molar-refractivity contribution in [1.82, 2.24) is 10.4 Å². The summed E-state index contributed by atoms with van der Waals surface area (Å²) in [6.45, 7) is 7.25. The number of pyridine rings is 1. The van der Waals surface area contributed by atoms with Gasteiger partial charge >= 0.3 is 0 Å². The van der Waals surface area contributed by atoms with E-state index in [1.165, 1.54) is 0 Å². The standard InChI is InChI=1S/C19H23N3O3/c1-4-24-18-11-15(8-9-17(18)25-13-14(2)3)12-21-22-19(23)16-7-5-6-10-20-16/h5-12,14H,4,13H2,1-3H3,(H,22,23)/b21-12-. The molecule has 0 atom stereocenters. The minimum atomic E-state index is -0.362. The minimum Gasteiger partial charge on any atom is -0.490 e. The van der Waals surface area contributed by atoms with E-state index in [9.17, 15) is 4.79 Å². The molecule has 0 aliphatic carbocycles. The van der Waals surface area contributed by atoms with E-state index in [-0.39, 0.29) is 5.91 Å². The van der Waals surface area contributed by atoms with Crippen molar-refractivity contribution in [3.05, 3.63) is 53.9 Å². The molecule has 0 aliphatic heterocycles. The zero-order valence-electron chi connectivity index (χ0n) is 14.7. The Kier molecular flexibility index (Phi) is 6.95. The van der Waals surface area contributed by atoms with Crippen LogP contribution in [0.25, 0.3) is 0 Å². The smallest absolute Gasteiger partial charge is 0.289 e. The van der Waals surface area contributed by atoms with Crippen molar-refractivity contribution in [2.45, 2.75) is 20.8 Å².